The lowest BCUT2D eigenvalue weighted by Crippen LogP contribution is -2.12. The summed E-state index contributed by atoms with van der Waals surface area (Å²) in [6.07, 6.45) is 3.92. The van der Waals surface area contributed by atoms with Crippen LogP contribution in [0.4, 0.5) is 0 Å². The summed E-state index contributed by atoms with van der Waals surface area (Å²) in [5.74, 6) is 0. The summed E-state index contributed by atoms with van der Waals surface area (Å²) < 4.78 is 2.48. The predicted molar refractivity (Wildman–Crippen MR) is 140 cm³/mol. The van der Waals surface area contributed by atoms with Crippen molar-refractivity contribution in [3.63, 3.8) is 0 Å². The Labute approximate surface area is 195 Å². The third-order valence-corrected chi connectivity index (χ3v) is 7.98. The first kappa shape index (κ1) is 19.6. The molecule has 4 heterocycles. The molecule has 0 saturated carbocycles. The highest BCUT2D eigenvalue weighted by Crippen LogP contribution is 2.40. The molecule has 6 aromatic rings. The third-order valence-electron chi connectivity index (χ3n) is 5.98. The molecule has 0 atom stereocenters. The van der Waals surface area contributed by atoms with Gasteiger partial charge in [-0.05, 0) is 63.5 Å². The van der Waals surface area contributed by atoms with Crippen LogP contribution in [-0.4, -0.2) is 9.97 Å². The van der Waals surface area contributed by atoms with Gasteiger partial charge in [0.25, 0.3) is 0 Å². The molecule has 4 heteroatoms. The molecule has 0 fully saturated rings. The summed E-state index contributed by atoms with van der Waals surface area (Å²) in [7, 11) is 0. The van der Waals surface area contributed by atoms with E-state index in [0.717, 1.165) is 11.2 Å². The van der Waals surface area contributed by atoms with E-state index in [9.17, 15) is 0 Å². The van der Waals surface area contributed by atoms with Gasteiger partial charge < -0.3 is 0 Å². The maximum atomic E-state index is 4.85. The molecule has 0 bridgehead atoms. The van der Waals surface area contributed by atoms with Gasteiger partial charge in [-0.2, -0.15) is 0 Å². The summed E-state index contributed by atoms with van der Waals surface area (Å²) >= 11 is 3.55. The molecule has 4 aromatic heterocycles. The Kier molecular flexibility index (Phi) is 4.42. The molecule has 0 aliphatic rings. The van der Waals surface area contributed by atoms with Crippen LogP contribution in [-0.2, 0) is 5.41 Å². The molecule has 6 rings (SSSR count). The number of hydrogen-bond donors (Lipinski definition) is 0. The first-order valence-electron chi connectivity index (χ1n) is 10.7. The second-order valence-electron chi connectivity index (χ2n) is 9.20. The number of thiophene rings is 2. The lowest BCUT2D eigenvalue weighted by atomic mass is 9.82. The monoisotopic (exact) mass is 450 g/mol. The number of benzene rings is 2. The molecule has 0 aliphatic heterocycles. The van der Waals surface area contributed by atoms with Gasteiger partial charge in [0, 0.05) is 38.5 Å². The number of hydrogen-bond acceptors (Lipinski definition) is 4. The van der Waals surface area contributed by atoms with Crippen LogP contribution < -0.4 is 0 Å². The summed E-state index contributed by atoms with van der Waals surface area (Å²) in [6.45, 7) is 6.84. The molecule has 0 amide bonds. The second-order valence-corrected chi connectivity index (χ2v) is 11.2. The highest BCUT2D eigenvalue weighted by molar-refractivity contribution is 7.22. The molecule has 0 unspecified atom stereocenters. The molecule has 0 saturated heterocycles. The lowest BCUT2D eigenvalue weighted by Gasteiger charge is -2.22. The Morgan fingerprint density at radius 1 is 0.781 bits per heavy atom. The number of rotatable bonds is 2. The Bertz CT molecular complexity index is 1620. The Morgan fingerprint density at radius 2 is 1.66 bits per heavy atom. The van der Waals surface area contributed by atoms with Crippen molar-refractivity contribution < 1.29 is 0 Å². The minimum atomic E-state index is 0.0467. The molecule has 32 heavy (non-hydrogen) atoms. The zero-order valence-electron chi connectivity index (χ0n) is 18.2. The van der Waals surface area contributed by atoms with Crippen LogP contribution in [0.25, 0.3) is 52.8 Å². The fraction of sp³-hybridized carbons (Fsp3) is 0.143. The van der Waals surface area contributed by atoms with Gasteiger partial charge in [0.2, 0.25) is 0 Å². The van der Waals surface area contributed by atoms with Crippen LogP contribution in [0.5, 0.6) is 0 Å². The average Bonchev–Trinajstić information content (AvgIpc) is 3.43. The van der Waals surface area contributed by atoms with Crippen molar-refractivity contribution >= 4 is 53.7 Å². The minimum Gasteiger partial charge on any atom is -0.256 e. The summed E-state index contributed by atoms with van der Waals surface area (Å²) in [5, 5.41) is 5.88. The lowest BCUT2D eigenvalue weighted by molar-refractivity contribution is 0.596. The van der Waals surface area contributed by atoms with E-state index in [2.05, 4.69) is 91.8 Å². The number of nitrogens with zero attached hydrogens (tertiary/aromatic N) is 2. The molecule has 0 radical (unpaired) electrons. The van der Waals surface area contributed by atoms with Gasteiger partial charge in [0.1, 0.15) is 0 Å². The van der Waals surface area contributed by atoms with E-state index in [1.165, 1.54) is 47.1 Å². The van der Waals surface area contributed by atoms with Crippen molar-refractivity contribution in [2.24, 2.45) is 0 Å². The van der Waals surface area contributed by atoms with Gasteiger partial charge in [0.15, 0.2) is 0 Å². The maximum absolute atomic E-state index is 4.85. The fourth-order valence-electron chi connectivity index (χ4n) is 4.38. The molecule has 0 spiro atoms. The molecule has 0 N–H and O–H groups in total. The van der Waals surface area contributed by atoms with Crippen molar-refractivity contribution in [2.75, 3.05) is 0 Å². The molecule has 156 valence electrons. The summed E-state index contributed by atoms with van der Waals surface area (Å²) in [4.78, 5) is 10.7. The van der Waals surface area contributed by atoms with Crippen LogP contribution in [0.2, 0.25) is 0 Å². The van der Waals surface area contributed by atoms with Crippen molar-refractivity contribution in [3.8, 4) is 21.7 Å². The third kappa shape index (κ3) is 3.22. The molecular weight excluding hydrogens is 428 g/mol. The first-order chi connectivity index (χ1) is 15.5. The first-order valence-corrected chi connectivity index (χ1v) is 12.4. The molecule has 2 aromatic carbocycles. The van der Waals surface area contributed by atoms with Crippen molar-refractivity contribution in [2.45, 2.75) is 26.2 Å². The summed E-state index contributed by atoms with van der Waals surface area (Å²) in [5.41, 5.74) is 5.86. The number of fused-ring (bicyclic) bond motifs is 3. The van der Waals surface area contributed by atoms with Crippen molar-refractivity contribution in [1.29, 1.82) is 0 Å². The van der Waals surface area contributed by atoms with Crippen LogP contribution >= 0.6 is 22.7 Å². The number of aromatic nitrogens is 2. The second kappa shape index (κ2) is 7.22. The van der Waals surface area contributed by atoms with Gasteiger partial charge in [-0.25, -0.2) is 0 Å². The highest BCUT2D eigenvalue weighted by atomic mass is 32.1. The smallest absolute Gasteiger partial charge is 0.0810 e. The minimum absolute atomic E-state index is 0.0467. The Balaban J connectivity index is 1.56. The van der Waals surface area contributed by atoms with Crippen LogP contribution in [0, 0.1) is 0 Å². The van der Waals surface area contributed by atoms with E-state index in [-0.39, 0.29) is 5.41 Å². The molecular formula is C28H22N2S2. The molecule has 0 aliphatic carbocycles. The van der Waals surface area contributed by atoms with E-state index in [1.807, 2.05) is 23.7 Å². The topological polar surface area (TPSA) is 25.8 Å². The molecule has 2 nitrogen and oxygen atoms in total. The normalized spacial score (nSPS) is 12.2. The zero-order valence-corrected chi connectivity index (χ0v) is 19.8. The van der Waals surface area contributed by atoms with E-state index in [1.54, 1.807) is 11.3 Å². The maximum Gasteiger partial charge on any atom is 0.0810 e. The van der Waals surface area contributed by atoms with E-state index < -0.39 is 0 Å². The van der Waals surface area contributed by atoms with Crippen molar-refractivity contribution in [3.05, 3.63) is 84.0 Å². The average molecular weight is 451 g/mol. The van der Waals surface area contributed by atoms with E-state index >= 15 is 0 Å². The van der Waals surface area contributed by atoms with Crippen LogP contribution in [0.3, 0.4) is 0 Å². The largest absolute Gasteiger partial charge is 0.256 e. The Morgan fingerprint density at radius 3 is 2.53 bits per heavy atom. The zero-order chi connectivity index (χ0) is 21.9. The number of pyridine rings is 2. The van der Waals surface area contributed by atoms with E-state index in [0.29, 0.717) is 0 Å². The van der Waals surface area contributed by atoms with Gasteiger partial charge in [-0.1, -0.05) is 45.0 Å². The summed E-state index contributed by atoms with van der Waals surface area (Å²) in [6, 6.07) is 22.0. The van der Waals surface area contributed by atoms with Gasteiger partial charge in [-0.3, -0.25) is 9.97 Å². The standard InChI is InChI=1S/C28H22N2S2/c1-28(2,3)22-13-18(12-17-6-4-5-7-20(17)22)27-21-15-25(32-24(21)8-10-29-27)19-14-26-23(30-16-19)9-11-31-26/h4-16H,1-3H3. The van der Waals surface area contributed by atoms with Gasteiger partial charge in [-0.15, -0.1) is 22.7 Å². The predicted octanol–water partition coefficient (Wildman–Crippen LogP) is 8.69. The van der Waals surface area contributed by atoms with Gasteiger partial charge >= 0.3 is 0 Å². The quantitative estimate of drug-likeness (QED) is 0.264. The van der Waals surface area contributed by atoms with Crippen molar-refractivity contribution in [1.82, 2.24) is 9.97 Å². The fourth-order valence-corrected chi connectivity index (χ4v) is 6.20. The van der Waals surface area contributed by atoms with Crippen LogP contribution in [0.15, 0.2) is 78.4 Å². The van der Waals surface area contributed by atoms with Gasteiger partial charge in [0.05, 0.1) is 15.9 Å². The van der Waals surface area contributed by atoms with Crippen LogP contribution in [0.1, 0.15) is 26.3 Å². The van der Waals surface area contributed by atoms with E-state index in [4.69, 9.17) is 4.98 Å². The highest BCUT2D eigenvalue weighted by Gasteiger charge is 2.20. The Hall–Kier alpha value is -3.08. The SMILES string of the molecule is CC(C)(C)c1cc(-c2nccc3sc(-c4cnc5ccsc5c4)cc23)cc2ccccc12.